The molecule has 0 bridgehead atoms. The second-order valence-electron chi connectivity index (χ2n) is 16.8. The number of carbonyl (C=O) groups is 3. The van der Waals surface area contributed by atoms with Crippen LogP contribution >= 0.6 is 11.3 Å². The summed E-state index contributed by atoms with van der Waals surface area (Å²) in [5.41, 5.74) is 10.7. The summed E-state index contributed by atoms with van der Waals surface area (Å²) in [5, 5.41) is 34.1. The molecule has 326 valence electrons. The number of carbonyl (C=O) groups excluding carboxylic acids is 3. The van der Waals surface area contributed by atoms with Gasteiger partial charge in [-0.3, -0.25) is 24.0 Å². The number of aliphatic hydroxyl groups is 1. The van der Waals surface area contributed by atoms with Crippen LogP contribution in [0.1, 0.15) is 62.4 Å². The topological polar surface area (TPSA) is 193 Å². The molecule has 1 aliphatic heterocycles. The lowest BCUT2D eigenvalue weighted by Crippen LogP contribution is -2.58. The number of rotatable bonds is 17. The molecule has 4 N–H and O–H groups in total. The Labute approximate surface area is 365 Å². The molecule has 62 heavy (non-hydrogen) atoms. The van der Waals surface area contributed by atoms with Gasteiger partial charge in [0.25, 0.3) is 0 Å². The van der Waals surface area contributed by atoms with E-state index < -0.39 is 35.4 Å². The van der Waals surface area contributed by atoms with Gasteiger partial charge in [0.15, 0.2) is 0 Å². The molecule has 15 nitrogen and oxygen atoms in total. The highest BCUT2D eigenvalue weighted by molar-refractivity contribution is 7.13. The Morgan fingerprint density at radius 1 is 0.968 bits per heavy atom. The number of benzene rings is 2. The number of β-amino-alcohol motifs (C(OH)–C–C–N with tert-alkyl or cyclic N) is 1. The minimum absolute atomic E-state index is 0.0128. The molecule has 4 heterocycles. The Bertz CT molecular complexity index is 2370. The molecule has 2 aromatic carbocycles. The second-order valence-corrected chi connectivity index (χ2v) is 17.6. The monoisotopic (exact) mass is 862 g/mol. The van der Waals surface area contributed by atoms with Gasteiger partial charge >= 0.3 is 0 Å². The number of likely N-dealkylation sites (tertiary alicyclic amines) is 1. The van der Waals surface area contributed by atoms with E-state index in [4.69, 9.17) is 14.6 Å². The highest BCUT2D eigenvalue weighted by atomic mass is 32.1. The van der Waals surface area contributed by atoms with Crippen LogP contribution in [0.2, 0.25) is 0 Å². The standard InChI is InChI=1S/C46H54N8O7S/c1-29-42(62-28-49-29)32-8-6-30(7-9-32)24-48-44(57)39-23-35(55)25-54(39)45(58)43(46(2,3)4)50-40(56)27-61-21-20-60-19-5-18-53-26-37(41(51-53)31-14-16-47-17-15-31)34-10-12-36-33(22-34)11-13-38(36)52-59/h6-10,12,14-17,22,26,28,35,39,43,55,59H,5,11,13,18-21,23-25,27H2,1-4H3,(H,48,57)(H,50,56)/b52-38+/t35-,39+,43?/m1/s1. The van der Waals surface area contributed by atoms with E-state index in [1.165, 1.54) is 4.90 Å². The highest BCUT2D eigenvalue weighted by Crippen LogP contribution is 2.35. The molecule has 0 radical (unpaired) electrons. The van der Waals surface area contributed by atoms with Crippen molar-refractivity contribution >= 4 is 34.8 Å². The zero-order valence-corrected chi connectivity index (χ0v) is 36.4. The number of hydrogen-bond donors (Lipinski definition) is 4. The molecule has 16 heteroatoms. The SMILES string of the molecule is Cc1ncsc1-c1ccc(CNC(=O)[C@@H]2C[C@@H](O)CN2C(=O)C(NC(=O)COCCOCCCn2cc(-c3ccc4c(c3)CC/C4=N\O)c(-c3ccncc3)n2)C(C)(C)C)cc1. The predicted octanol–water partition coefficient (Wildman–Crippen LogP) is 5.40. The van der Waals surface area contributed by atoms with E-state index in [-0.39, 0.29) is 45.2 Å². The first kappa shape index (κ1) is 44.3. The Morgan fingerprint density at radius 3 is 2.45 bits per heavy atom. The number of nitrogens with one attached hydrogen (secondary N) is 2. The van der Waals surface area contributed by atoms with Crippen LogP contribution in [0.3, 0.4) is 0 Å². The van der Waals surface area contributed by atoms with E-state index in [0.29, 0.717) is 31.7 Å². The summed E-state index contributed by atoms with van der Waals surface area (Å²) in [6.07, 6.45) is 7.00. The smallest absolute Gasteiger partial charge is 0.246 e. The Balaban J connectivity index is 0.853. The summed E-state index contributed by atoms with van der Waals surface area (Å²) >= 11 is 1.57. The second kappa shape index (κ2) is 19.9. The molecule has 7 rings (SSSR count). The summed E-state index contributed by atoms with van der Waals surface area (Å²) in [5.74, 6) is -1.28. The zero-order valence-electron chi connectivity index (χ0n) is 35.5. The van der Waals surface area contributed by atoms with Crippen molar-refractivity contribution in [3.05, 3.63) is 101 Å². The van der Waals surface area contributed by atoms with Crippen LogP contribution < -0.4 is 10.6 Å². The largest absolute Gasteiger partial charge is 0.411 e. The molecular weight excluding hydrogens is 809 g/mol. The van der Waals surface area contributed by atoms with Gasteiger partial charge in [-0.25, -0.2) is 4.98 Å². The fourth-order valence-electron chi connectivity index (χ4n) is 7.91. The summed E-state index contributed by atoms with van der Waals surface area (Å²) in [6, 6.07) is 16.1. The lowest BCUT2D eigenvalue weighted by molar-refractivity contribution is -0.144. The first-order valence-electron chi connectivity index (χ1n) is 20.9. The van der Waals surface area contributed by atoms with E-state index in [1.807, 2.05) is 92.6 Å². The number of oxime groups is 1. The Morgan fingerprint density at radius 2 is 1.73 bits per heavy atom. The van der Waals surface area contributed by atoms with Gasteiger partial charge < -0.3 is 35.3 Å². The van der Waals surface area contributed by atoms with Gasteiger partial charge in [-0.2, -0.15) is 5.10 Å². The third-order valence-corrected chi connectivity index (χ3v) is 12.2. The minimum atomic E-state index is -0.962. The average molecular weight is 863 g/mol. The first-order chi connectivity index (χ1) is 29.9. The van der Waals surface area contributed by atoms with Crippen molar-refractivity contribution in [2.45, 2.75) is 84.7 Å². The van der Waals surface area contributed by atoms with Gasteiger partial charge in [0.2, 0.25) is 17.7 Å². The van der Waals surface area contributed by atoms with Crippen LogP contribution in [0.5, 0.6) is 0 Å². The van der Waals surface area contributed by atoms with E-state index in [1.54, 1.807) is 23.7 Å². The number of aliphatic hydroxyl groups excluding tert-OH is 1. The van der Waals surface area contributed by atoms with Crippen LogP contribution in [0, 0.1) is 12.3 Å². The lowest BCUT2D eigenvalue weighted by Gasteiger charge is -2.35. The number of hydrogen-bond acceptors (Lipinski definition) is 12. The van der Waals surface area contributed by atoms with E-state index in [0.717, 1.165) is 61.6 Å². The number of pyridine rings is 1. The van der Waals surface area contributed by atoms with Gasteiger partial charge in [0.1, 0.15) is 24.4 Å². The van der Waals surface area contributed by atoms with E-state index in [2.05, 4.69) is 31.8 Å². The molecule has 0 spiro atoms. The summed E-state index contributed by atoms with van der Waals surface area (Å²) in [4.78, 5) is 51.4. The molecule has 2 aliphatic rings. The average Bonchev–Trinajstić information content (AvgIpc) is 4.08. The third-order valence-electron chi connectivity index (χ3n) is 11.2. The number of aryl methyl sites for hydroxylation is 3. The van der Waals surface area contributed by atoms with Crippen molar-refractivity contribution in [3.8, 4) is 32.8 Å². The maximum atomic E-state index is 14.0. The molecule has 3 atom stereocenters. The minimum Gasteiger partial charge on any atom is -0.411 e. The maximum absolute atomic E-state index is 14.0. The summed E-state index contributed by atoms with van der Waals surface area (Å²) < 4.78 is 13.3. The van der Waals surface area contributed by atoms with Crippen LogP contribution in [0.15, 0.2) is 83.9 Å². The Hall–Kier alpha value is -5.81. The number of ether oxygens (including phenoxy) is 2. The molecule has 1 fully saturated rings. The number of fused-ring (bicyclic) bond motifs is 1. The highest BCUT2D eigenvalue weighted by Gasteiger charge is 2.44. The third kappa shape index (κ3) is 10.6. The molecular formula is C46H54N8O7S. The quantitative estimate of drug-likeness (QED) is 0.0535. The maximum Gasteiger partial charge on any atom is 0.246 e. The van der Waals surface area contributed by atoms with E-state index in [9.17, 15) is 24.7 Å². The zero-order chi connectivity index (χ0) is 43.8. The van der Waals surface area contributed by atoms with E-state index >= 15 is 0 Å². The van der Waals surface area contributed by atoms with Crippen LogP contribution in [0.4, 0.5) is 0 Å². The normalized spacial score (nSPS) is 17.3. The van der Waals surface area contributed by atoms with Crippen LogP contribution in [-0.4, -0.2) is 110 Å². The van der Waals surface area contributed by atoms with Gasteiger partial charge in [-0.05, 0) is 66.0 Å². The molecule has 0 saturated carbocycles. The van der Waals surface area contributed by atoms with Crippen LogP contribution in [0.25, 0.3) is 32.8 Å². The van der Waals surface area contributed by atoms with Gasteiger partial charge in [0.05, 0.1) is 41.1 Å². The fourth-order valence-corrected chi connectivity index (χ4v) is 8.72. The number of nitrogens with zero attached hydrogens (tertiary/aromatic N) is 6. The van der Waals surface area contributed by atoms with Gasteiger partial charge in [-0.1, -0.05) is 68.4 Å². The number of amides is 3. The van der Waals surface area contributed by atoms with Crippen molar-refractivity contribution in [2.24, 2.45) is 10.6 Å². The molecule has 1 unspecified atom stereocenters. The first-order valence-corrected chi connectivity index (χ1v) is 21.8. The lowest BCUT2D eigenvalue weighted by atomic mass is 9.85. The van der Waals surface area contributed by atoms with Crippen molar-refractivity contribution in [1.82, 2.24) is 35.3 Å². The Kier molecular flexibility index (Phi) is 14.2. The van der Waals surface area contributed by atoms with Crippen molar-refractivity contribution in [3.63, 3.8) is 0 Å². The summed E-state index contributed by atoms with van der Waals surface area (Å²) in [6.45, 7) is 8.97. The van der Waals surface area contributed by atoms with Gasteiger partial charge in [-0.15, -0.1) is 11.3 Å². The predicted molar refractivity (Wildman–Crippen MR) is 235 cm³/mol. The molecule has 3 amide bonds. The molecule has 1 saturated heterocycles. The molecule has 5 aromatic rings. The van der Waals surface area contributed by atoms with Crippen molar-refractivity contribution in [2.75, 3.05) is 33.0 Å². The van der Waals surface area contributed by atoms with Crippen LogP contribution in [-0.2, 0) is 43.4 Å². The summed E-state index contributed by atoms with van der Waals surface area (Å²) in [7, 11) is 0. The van der Waals surface area contributed by atoms with Gasteiger partial charge in [0, 0.05) is 67.9 Å². The molecule has 1 aliphatic carbocycles. The molecule has 3 aromatic heterocycles. The number of thiazole rings is 1. The van der Waals surface area contributed by atoms with Crippen molar-refractivity contribution in [1.29, 1.82) is 0 Å². The van der Waals surface area contributed by atoms with Crippen molar-refractivity contribution < 1.29 is 34.2 Å². The number of aromatic nitrogens is 4. The fraction of sp³-hybridized carbons (Fsp3) is 0.413.